The zero-order chi connectivity index (χ0) is 28.9. The summed E-state index contributed by atoms with van der Waals surface area (Å²) >= 11 is 0. The average molecular weight is 570 g/mol. The standard InChI is InChI=1S/C29H39N5O5S/c1-29(2,30-20-27(35)21-5-4-6-24(18-21)31-40(38)39)10-12-34-25(9-11-33-15-13-32(3)14-16-33)19-23-17-22(28(36)37)7-8-26(23)34/h4-8,17-19,27,30,35H,9-16,20H2,1-3H3,(H,36,37). The maximum Gasteiger partial charge on any atom is 0.335 e. The number of rotatable bonds is 12. The molecule has 216 valence electrons. The lowest BCUT2D eigenvalue weighted by atomic mass is 9.99. The third-order valence-electron chi connectivity index (χ3n) is 7.68. The molecule has 0 spiro atoms. The summed E-state index contributed by atoms with van der Waals surface area (Å²) in [7, 11) is -0.404. The van der Waals surface area contributed by atoms with Gasteiger partial charge in [-0.05, 0) is 69.3 Å². The second kappa shape index (κ2) is 13.0. The molecule has 4 rings (SSSR count). The molecule has 2 aromatic carbocycles. The summed E-state index contributed by atoms with van der Waals surface area (Å²) in [6, 6.07) is 14.0. The van der Waals surface area contributed by atoms with Crippen molar-refractivity contribution in [2.75, 3.05) is 46.3 Å². The van der Waals surface area contributed by atoms with Crippen LogP contribution in [0.2, 0.25) is 0 Å². The van der Waals surface area contributed by atoms with Crippen LogP contribution in [0.15, 0.2) is 52.9 Å². The number of β-amino-alcohol motifs (C(OH)–C–C–N with tert-alkyl or cyclic N) is 1. The Morgan fingerprint density at radius 1 is 1.07 bits per heavy atom. The van der Waals surface area contributed by atoms with Crippen LogP contribution in [-0.4, -0.2) is 90.8 Å². The predicted molar refractivity (Wildman–Crippen MR) is 156 cm³/mol. The Bertz CT molecular complexity index is 1470. The molecule has 0 radical (unpaired) electrons. The summed E-state index contributed by atoms with van der Waals surface area (Å²) in [6.07, 6.45) is 0.828. The van der Waals surface area contributed by atoms with E-state index in [-0.39, 0.29) is 16.8 Å². The minimum atomic E-state index is -2.55. The summed E-state index contributed by atoms with van der Waals surface area (Å²) in [4.78, 5) is 16.4. The number of nitrogens with zero attached hydrogens (tertiary/aromatic N) is 4. The third kappa shape index (κ3) is 7.98. The number of nitrogens with one attached hydrogen (secondary N) is 1. The van der Waals surface area contributed by atoms with Gasteiger partial charge in [-0.15, -0.1) is 4.36 Å². The van der Waals surface area contributed by atoms with Gasteiger partial charge < -0.3 is 29.9 Å². The smallest absolute Gasteiger partial charge is 0.335 e. The number of fused-ring (bicyclic) bond motifs is 1. The van der Waals surface area contributed by atoms with Crippen LogP contribution in [-0.2, 0) is 23.5 Å². The van der Waals surface area contributed by atoms with Crippen LogP contribution in [0.4, 0.5) is 5.69 Å². The van der Waals surface area contributed by atoms with Crippen molar-refractivity contribution in [2.45, 2.75) is 44.9 Å². The molecular weight excluding hydrogens is 530 g/mol. The van der Waals surface area contributed by atoms with Gasteiger partial charge in [-0.1, -0.05) is 12.1 Å². The minimum absolute atomic E-state index is 0.277. The molecule has 1 aromatic heterocycles. The van der Waals surface area contributed by atoms with E-state index in [4.69, 9.17) is 0 Å². The summed E-state index contributed by atoms with van der Waals surface area (Å²) in [5.74, 6) is -0.932. The lowest BCUT2D eigenvalue weighted by Crippen LogP contribution is -2.45. The number of benzene rings is 2. The number of carboxylic acid groups (broad SMARTS) is 1. The van der Waals surface area contributed by atoms with Crippen LogP contribution >= 0.6 is 0 Å². The fourth-order valence-corrected chi connectivity index (χ4v) is 5.41. The number of hydrogen-bond donors (Lipinski definition) is 3. The molecule has 0 saturated carbocycles. The van der Waals surface area contributed by atoms with E-state index in [1.54, 1.807) is 36.4 Å². The predicted octanol–water partition coefficient (Wildman–Crippen LogP) is 3.32. The molecule has 0 bridgehead atoms. The topological polar surface area (TPSA) is 127 Å². The number of likely N-dealkylation sites (N-methyl/N-ethyl adjacent to an activating group) is 1. The van der Waals surface area contributed by atoms with Crippen molar-refractivity contribution in [2.24, 2.45) is 4.36 Å². The monoisotopic (exact) mass is 569 g/mol. The van der Waals surface area contributed by atoms with E-state index in [9.17, 15) is 23.4 Å². The van der Waals surface area contributed by atoms with Gasteiger partial charge >= 0.3 is 16.5 Å². The van der Waals surface area contributed by atoms with Crippen molar-refractivity contribution in [3.63, 3.8) is 0 Å². The Balaban J connectivity index is 1.45. The molecule has 1 aliphatic heterocycles. The highest BCUT2D eigenvalue weighted by Gasteiger charge is 2.22. The van der Waals surface area contributed by atoms with Gasteiger partial charge in [0.1, 0.15) is 0 Å². The van der Waals surface area contributed by atoms with E-state index in [0.29, 0.717) is 12.1 Å². The van der Waals surface area contributed by atoms with Gasteiger partial charge in [0.15, 0.2) is 0 Å². The van der Waals surface area contributed by atoms with Gasteiger partial charge in [-0.25, -0.2) is 4.79 Å². The fourth-order valence-electron chi connectivity index (χ4n) is 5.12. The summed E-state index contributed by atoms with van der Waals surface area (Å²) < 4.78 is 27.6. The molecule has 2 heterocycles. The third-order valence-corrected chi connectivity index (χ3v) is 8.04. The van der Waals surface area contributed by atoms with Crippen molar-refractivity contribution >= 4 is 33.1 Å². The Morgan fingerprint density at radius 3 is 2.52 bits per heavy atom. The number of aliphatic hydroxyl groups is 1. The normalized spacial score (nSPS) is 15.8. The molecule has 1 unspecified atom stereocenters. The highest BCUT2D eigenvalue weighted by Crippen LogP contribution is 2.25. The maximum atomic E-state index is 11.6. The van der Waals surface area contributed by atoms with Gasteiger partial charge in [0, 0.05) is 74.4 Å². The first-order valence-corrected chi connectivity index (χ1v) is 14.6. The van der Waals surface area contributed by atoms with Crippen LogP contribution in [0.25, 0.3) is 10.9 Å². The van der Waals surface area contributed by atoms with Gasteiger partial charge in [0.25, 0.3) is 0 Å². The number of aliphatic hydroxyl groups excluding tert-OH is 1. The number of aromatic nitrogens is 1. The van der Waals surface area contributed by atoms with Crippen molar-refractivity contribution in [1.82, 2.24) is 19.7 Å². The van der Waals surface area contributed by atoms with Gasteiger partial charge in [0.2, 0.25) is 0 Å². The Hall–Kier alpha value is -3.09. The van der Waals surface area contributed by atoms with Crippen molar-refractivity contribution < 1.29 is 23.4 Å². The van der Waals surface area contributed by atoms with Crippen LogP contribution in [0, 0.1) is 0 Å². The average Bonchev–Trinajstić information content (AvgIpc) is 3.26. The molecule has 40 heavy (non-hydrogen) atoms. The van der Waals surface area contributed by atoms with Crippen molar-refractivity contribution in [1.29, 1.82) is 0 Å². The minimum Gasteiger partial charge on any atom is -0.478 e. The number of piperazine rings is 1. The maximum absolute atomic E-state index is 11.6. The second-order valence-electron chi connectivity index (χ2n) is 11.2. The SMILES string of the molecule is CN1CCN(CCc2cc3cc(C(=O)O)ccc3n2CCC(C)(C)NCC(O)c2cccc(N=S(=O)=O)c2)CC1. The van der Waals surface area contributed by atoms with E-state index in [1.165, 1.54) is 5.69 Å². The molecule has 1 fully saturated rings. The van der Waals surface area contributed by atoms with Crippen LogP contribution in [0.3, 0.4) is 0 Å². The highest BCUT2D eigenvalue weighted by molar-refractivity contribution is 7.61. The molecule has 0 amide bonds. The first kappa shape index (κ1) is 29.9. The Morgan fingerprint density at radius 2 is 1.82 bits per heavy atom. The van der Waals surface area contributed by atoms with E-state index in [1.807, 2.05) is 6.07 Å². The molecular formula is C29H39N5O5S. The summed E-state index contributed by atoms with van der Waals surface area (Å²) in [5.41, 5.74) is 3.04. The van der Waals surface area contributed by atoms with Crippen molar-refractivity contribution in [3.05, 3.63) is 65.4 Å². The highest BCUT2D eigenvalue weighted by atomic mass is 32.2. The molecule has 11 heteroatoms. The van der Waals surface area contributed by atoms with Gasteiger partial charge in [-0.2, -0.15) is 8.42 Å². The largest absolute Gasteiger partial charge is 0.478 e. The lowest BCUT2D eigenvalue weighted by molar-refractivity contribution is 0.0697. The van der Waals surface area contributed by atoms with Crippen molar-refractivity contribution in [3.8, 4) is 0 Å². The molecule has 1 saturated heterocycles. The van der Waals surface area contributed by atoms with Crippen LogP contribution in [0.1, 0.15) is 48.0 Å². The zero-order valence-electron chi connectivity index (χ0n) is 23.4. The van der Waals surface area contributed by atoms with Gasteiger partial charge in [-0.3, -0.25) is 0 Å². The quantitative estimate of drug-likeness (QED) is 0.303. The first-order valence-electron chi connectivity index (χ1n) is 13.6. The molecule has 3 N–H and O–H groups in total. The van der Waals surface area contributed by atoms with E-state index < -0.39 is 22.6 Å². The molecule has 3 aromatic rings. The van der Waals surface area contributed by atoms with Crippen LogP contribution < -0.4 is 5.32 Å². The Kier molecular flexibility index (Phi) is 9.75. The zero-order valence-corrected chi connectivity index (χ0v) is 24.2. The number of carboxylic acids is 1. The second-order valence-corrected chi connectivity index (χ2v) is 11.8. The van der Waals surface area contributed by atoms with Crippen LogP contribution in [0.5, 0.6) is 0 Å². The fraction of sp³-hybridized carbons (Fsp3) is 0.483. The van der Waals surface area contributed by atoms with E-state index in [2.05, 4.69) is 51.0 Å². The number of hydrogen-bond acceptors (Lipinski definition) is 8. The number of carbonyl (C=O) groups is 1. The van der Waals surface area contributed by atoms with E-state index in [0.717, 1.165) is 63.0 Å². The lowest BCUT2D eigenvalue weighted by Gasteiger charge is -2.32. The molecule has 0 aliphatic carbocycles. The molecule has 1 atom stereocenters. The first-order chi connectivity index (χ1) is 19.0. The molecule has 1 aliphatic rings. The summed E-state index contributed by atoms with van der Waals surface area (Å²) in [6.45, 7) is 10.4. The number of aromatic carboxylic acids is 1. The summed E-state index contributed by atoms with van der Waals surface area (Å²) in [5, 5.41) is 24.6. The number of aryl methyl sites for hydroxylation is 1. The van der Waals surface area contributed by atoms with E-state index >= 15 is 0 Å². The molecule has 10 nitrogen and oxygen atoms in total. The van der Waals surface area contributed by atoms with Gasteiger partial charge in [0.05, 0.1) is 17.4 Å². The Labute approximate surface area is 236 Å².